The third-order valence-electron chi connectivity index (χ3n) is 6.49. The zero-order valence-corrected chi connectivity index (χ0v) is 21.3. The van der Waals surface area contributed by atoms with E-state index in [2.05, 4.69) is 70.7 Å². The van der Waals surface area contributed by atoms with Crippen LogP contribution in [-0.2, 0) is 17.9 Å². The molecule has 0 atom stereocenters. The topological polar surface area (TPSA) is 77.6 Å². The molecule has 0 fully saturated rings. The van der Waals surface area contributed by atoms with Gasteiger partial charge in [0.1, 0.15) is 6.54 Å². The summed E-state index contributed by atoms with van der Waals surface area (Å²) >= 11 is 0. The number of aryl methyl sites for hydroxylation is 4. The van der Waals surface area contributed by atoms with Gasteiger partial charge in [-0.1, -0.05) is 59.7 Å². The molecule has 36 heavy (non-hydrogen) atoms. The summed E-state index contributed by atoms with van der Waals surface area (Å²) in [7, 11) is 0. The average molecular weight is 479 g/mol. The summed E-state index contributed by atoms with van der Waals surface area (Å²) in [6, 6.07) is 18.7. The van der Waals surface area contributed by atoms with Gasteiger partial charge < -0.3 is 5.32 Å². The Morgan fingerprint density at radius 1 is 0.861 bits per heavy atom. The molecule has 5 rings (SSSR count). The highest BCUT2D eigenvalue weighted by Gasteiger charge is 2.18. The van der Waals surface area contributed by atoms with Gasteiger partial charge in [-0.05, 0) is 57.4 Å². The predicted octanol–water partition coefficient (Wildman–Crippen LogP) is 5.52. The van der Waals surface area contributed by atoms with Crippen molar-refractivity contribution in [2.45, 2.75) is 47.7 Å². The number of carbonyl (C=O) groups is 1. The SMILES string of the molecule is Cc1cccc(Cn2nc(C)c(NC(=O)Cn3nc(C)c4c(-c5cccc(C)c5)ccnc43)c2C)c1. The highest BCUT2D eigenvalue weighted by molar-refractivity contribution is 5.96. The molecule has 0 unspecified atom stereocenters. The van der Waals surface area contributed by atoms with Gasteiger partial charge in [-0.2, -0.15) is 10.2 Å². The first-order chi connectivity index (χ1) is 17.3. The van der Waals surface area contributed by atoms with E-state index in [1.807, 2.05) is 43.7 Å². The van der Waals surface area contributed by atoms with Crippen LogP contribution < -0.4 is 5.32 Å². The van der Waals surface area contributed by atoms with E-state index in [1.165, 1.54) is 16.7 Å². The average Bonchev–Trinajstić information content (AvgIpc) is 3.29. The second-order valence-corrected chi connectivity index (χ2v) is 9.41. The number of nitrogens with zero attached hydrogens (tertiary/aromatic N) is 5. The van der Waals surface area contributed by atoms with Crippen LogP contribution in [0.4, 0.5) is 5.69 Å². The fraction of sp³-hybridized carbons (Fsp3) is 0.241. The number of fused-ring (bicyclic) bond motifs is 1. The zero-order chi connectivity index (χ0) is 25.4. The summed E-state index contributed by atoms with van der Waals surface area (Å²) in [6.45, 7) is 10.7. The molecule has 0 saturated carbocycles. The molecule has 1 N–H and O–H groups in total. The maximum Gasteiger partial charge on any atom is 0.246 e. The van der Waals surface area contributed by atoms with Gasteiger partial charge in [0.05, 0.1) is 29.3 Å². The van der Waals surface area contributed by atoms with Crippen LogP contribution in [0.2, 0.25) is 0 Å². The molecule has 0 aliphatic heterocycles. The molecule has 7 nitrogen and oxygen atoms in total. The molecule has 2 aromatic carbocycles. The van der Waals surface area contributed by atoms with Gasteiger partial charge in [-0.25, -0.2) is 9.67 Å². The van der Waals surface area contributed by atoms with Gasteiger partial charge in [0, 0.05) is 11.6 Å². The van der Waals surface area contributed by atoms with Crippen LogP contribution in [0.25, 0.3) is 22.2 Å². The molecule has 1 amide bonds. The number of rotatable bonds is 6. The van der Waals surface area contributed by atoms with E-state index in [0.717, 1.165) is 39.3 Å². The van der Waals surface area contributed by atoms with Crippen molar-refractivity contribution in [1.29, 1.82) is 0 Å². The second-order valence-electron chi connectivity index (χ2n) is 9.41. The van der Waals surface area contributed by atoms with Crippen LogP contribution in [0.3, 0.4) is 0 Å². The molecule has 0 radical (unpaired) electrons. The fourth-order valence-corrected chi connectivity index (χ4v) is 4.78. The summed E-state index contributed by atoms with van der Waals surface area (Å²) in [5, 5.41) is 13.4. The van der Waals surface area contributed by atoms with Crippen molar-refractivity contribution in [2.75, 3.05) is 5.32 Å². The minimum absolute atomic E-state index is 0.0660. The van der Waals surface area contributed by atoms with Crippen molar-refractivity contribution in [1.82, 2.24) is 24.5 Å². The number of anilines is 1. The van der Waals surface area contributed by atoms with E-state index >= 15 is 0 Å². The van der Waals surface area contributed by atoms with Crippen LogP contribution in [0.15, 0.2) is 60.8 Å². The van der Waals surface area contributed by atoms with Crippen molar-refractivity contribution in [3.63, 3.8) is 0 Å². The summed E-state index contributed by atoms with van der Waals surface area (Å²) < 4.78 is 3.62. The number of pyridine rings is 1. The maximum atomic E-state index is 13.1. The first-order valence-corrected chi connectivity index (χ1v) is 12.1. The molecule has 0 bridgehead atoms. The van der Waals surface area contributed by atoms with Crippen LogP contribution in [-0.4, -0.2) is 30.5 Å². The highest BCUT2D eigenvalue weighted by atomic mass is 16.2. The Kier molecular flexibility index (Phi) is 6.14. The Balaban J connectivity index is 1.39. The molecular formula is C29H30N6O. The Bertz CT molecular complexity index is 1590. The Labute approximate surface area is 210 Å². The molecule has 0 aliphatic carbocycles. The fourth-order valence-electron chi connectivity index (χ4n) is 4.78. The van der Waals surface area contributed by atoms with Gasteiger partial charge in [0.25, 0.3) is 0 Å². The third-order valence-corrected chi connectivity index (χ3v) is 6.49. The van der Waals surface area contributed by atoms with Crippen molar-refractivity contribution in [2.24, 2.45) is 0 Å². The molecule has 7 heteroatoms. The van der Waals surface area contributed by atoms with E-state index < -0.39 is 0 Å². The quantitative estimate of drug-likeness (QED) is 0.348. The van der Waals surface area contributed by atoms with Crippen LogP contribution in [0, 0.1) is 34.6 Å². The predicted molar refractivity (Wildman–Crippen MR) is 143 cm³/mol. The van der Waals surface area contributed by atoms with Gasteiger partial charge in [0.15, 0.2) is 5.65 Å². The number of aromatic nitrogens is 5. The summed E-state index contributed by atoms with van der Waals surface area (Å²) in [5.74, 6) is -0.163. The van der Waals surface area contributed by atoms with Crippen LogP contribution in [0.1, 0.15) is 33.8 Å². The zero-order valence-electron chi connectivity index (χ0n) is 21.3. The number of nitrogens with one attached hydrogen (secondary N) is 1. The number of carbonyl (C=O) groups excluding carboxylic acids is 1. The lowest BCUT2D eigenvalue weighted by atomic mass is 10.0. The number of amides is 1. The Hall–Kier alpha value is -4.26. The van der Waals surface area contributed by atoms with Crippen molar-refractivity contribution < 1.29 is 4.79 Å². The molecular weight excluding hydrogens is 448 g/mol. The van der Waals surface area contributed by atoms with Crippen molar-refractivity contribution >= 4 is 22.6 Å². The second kappa shape index (κ2) is 9.41. The number of hydrogen-bond donors (Lipinski definition) is 1. The van der Waals surface area contributed by atoms with Crippen LogP contribution in [0.5, 0.6) is 0 Å². The minimum Gasteiger partial charge on any atom is -0.321 e. The standard InChI is InChI=1S/C29H30N6O/c1-18-8-6-10-23(14-18)16-34-22(5)28(21(4)33-34)31-26(36)17-35-29-27(20(3)32-35)25(12-13-30-29)24-11-7-9-19(2)15-24/h6-15H,16-17H2,1-5H3,(H,31,36). The molecule has 0 spiro atoms. The largest absolute Gasteiger partial charge is 0.321 e. The van der Waals surface area contributed by atoms with Gasteiger partial charge in [-0.3, -0.25) is 9.48 Å². The summed E-state index contributed by atoms with van der Waals surface area (Å²) in [6.07, 6.45) is 1.78. The molecule has 5 aromatic rings. The summed E-state index contributed by atoms with van der Waals surface area (Å²) in [4.78, 5) is 17.7. The first kappa shape index (κ1) is 23.5. The van der Waals surface area contributed by atoms with E-state index in [0.29, 0.717) is 12.2 Å². The number of benzene rings is 2. The lowest BCUT2D eigenvalue weighted by Crippen LogP contribution is -2.20. The van der Waals surface area contributed by atoms with E-state index in [4.69, 9.17) is 0 Å². The van der Waals surface area contributed by atoms with E-state index in [9.17, 15) is 4.79 Å². The lowest BCUT2D eigenvalue weighted by molar-refractivity contribution is -0.116. The molecule has 3 aromatic heterocycles. The van der Waals surface area contributed by atoms with Gasteiger partial charge in [0.2, 0.25) is 5.91 Å². The molecule has 3 heterocycles. The van der Waals surface area contributed by atoms with Crippen LogP contribution >= 0.6 is 0 Å². The smallest absolute Gasteiger partial charge is 0.246 e. The Morgan fingerprint density at radius 2 is 1.58 bits per heavy atom. The molecule has 0 saturated heterocycles. The van der Waals surface area contributed by atoms with Gasteiger partial charge in [-0.15, -0.1) is 0 Å². The first-order valence-electron chi connectivity index (χ1n) is 12.1. The van der Waals surface area contributed by atoms with E-state index in [-0.39, 0.29) is 12.5 Å². The number of hydrogen-bond acceptors (Lipinski definition) is 4. The minimum atomic E-state index is -0.163. The maximum absolute atomic E-state index is 13.1. The molecule has 0 aliphatic rings. The van der Waals surface area contributed by atoms with Crippen molar-refractivity contribution in [3.8, 4) is 11.1 Å². The molecule has 182 valence electrons. The lowest BCUT2D eigenvalue weighted by Gasteiger charge is -2.09. The normalized spacial score (nSPS) is 11.2. The van der Waals surface area contributed by atoms with E-state index in [1.54, 1.807) is 10.9 Å². The third kappa shape index (κ3) is 4.52. The highest BCUT2D eigenvalue weighted by Crippen LogP contribution is 2.30. The Morgan fingerprint density at radius 3 is 2.33 bits per heavy atom. The summed E-state index contributed by atoms with van der Waals surface area (Å²) in [5.41, 5.74) is 9.75. The monoisotopic (exact) mass is 478 g/mol. The van der Waals surface area contributed by atoms with Crippen molar-refractivity contribution in [3.05, 3.63) is 94.6 Å². The van der Waals surface area contributed by atoms with Gasteiger partial charge >= 0.3 is 0 Å².